The van der Waals surface area contributed by atoms with Gasteiger partial charge in [-0.15, -0.1) is 0 Å². The van der Waals surface area contributed by atoms with Crippen LogP contribution in [-0.4, -0.2) is 0 Å². The Labute approximate surface area is 111 Å². The first kappa shape index (κ1) is 13.1. The Morgan fingerprint density at radius 2 is 1.82 bits per heavy atom. The van der Waals surface area contributed by atoms with Crippen molar-refractivity contribution in [1.82, 2.24) is 0 Å². The fourth-order valence-corrected chi connectivity index (χ4v) is 3.02. The molecule has 1 aromatic carbocycles. The third-order valence-corrected chi connectivity index (χ3v) is 4.39. The van der Waals surface area contributed by atoms with Gasteiger partial charge in [-0.2, -0.15) is 0 Å². The normalized spacial score (nSPS) is 19.3. The van der Waals surface area contributed by atoms with Crippen LogP contribution in [0, 0.1) is 11.7 Å². The van der Waals surface area contributed by atoms with Gasteiger partial charge in [-0.25, -0.2) is 4.39 Å². The molecule has 0 spiro atoms. The zero-order chi connectivity index (χ0) is 12.4. The number of benzene rings is 1. The Kier molecular flexibility index (Phi) is 4.29. The topological polar surface area (TPSA) is 26.0 Å². The molecule has 2 N–H and O–H groups in total. The molecule has 1 nitrogen and oxygen atoms in total. The average Bonchev–Trinajstić information content (AvgIpc) is 2.35. The van der Waals surface area contributed by atoms with E-state index in [0.29, 0.717) is 16.5 Å². The molecule has 1 aliphatic rings. The van der Waals surface area contributed by atoms with Gasteiger partial charge in [0.1, 0.15) is 5.82 Å². The summed E-state index contributed by atoms with van der Waals surface area (Å²) in [6, 6.07) is 2.46. The first-order valence-electron chi connectivity index (χ1n) is 6.00. The van der Waals surface area contributed by atoms with Crippen LogP contribution in [0.2, 0.25) is 10.0 Å². The molecule has 94 valence electrons. The largest absolute Gasteiger partial charge is 0.324 e. The summed E-state index contributed by atoms with van der Waals surface area (Å²) in [5, 5.41) is 0.638. The predicted molar refractivity (Wildman–Crippen MR) is 69.9 cm³/mol. The minimum absolute atomic E-state index is 0.268. The first-order chi connectivity index (χ1) is 8.11. The van der Waals surface area contributed by atoms with Gasteiger partial charge in [-0.3, -0.25) is 0 Å². The molecule has 0 heterocycles. The maximum Gasteiger partial charge on any atom is 0.129 e. The number of hydrogen-bond donors (Lipinski definition) is 1. The van der Waals surface area contributed by atoms with Crippen LogP contribution in [0.3, 0.4) is 0 Å². The van der Waals surface area contributed by atoms with Gasteiger partial charge < -0.3 is 5.73 Å². The van der Waals surface area contributed by atoms with E-state index in [0.717, 1.165) is 25.7 Å². The Morgan fingerprint density at radius 3 is 2.47 bits per heavy atom. The van der Waals surface area contributed by atoms with Crippen molar-refractivity contribution < 1.29 is 4.39 Å². The van der Waals surface area contributed by atoms with E-state index in [2.05, 4.69) is 0 Å². The minimum Gasteiger partial charge on any atom is -0.324 e. The molecule has 1 saturated carbocycles. The van der Waals surface area contributed by atoms with Gasteiger partial charge in [-0.1, -0.05) is 42.5 Å². The van der Waals surface area contributed by atoms with E-state index in [-0.39, 0.29) is 16.9 Å². The molecule has 17 heavy (non-hydrogen) atoms. The van der Waals surface area contributed by atoms with Gasteiger partial charge in [0.25, 0.3) is 0 Å². The maximum atomic E-state index is 13.8. The lowest BCUT2D eigenvalue weighted by molar-refractivity contribution is 0.303. The molecule has 1 aliphatic carbocycles. The van der Waals surface area contributed by atoms with E-state index < -0.39 is 0 Å². The van der Waals surface area contributed by atoms with Crippen molar-refractivity contribution >= 4 is 23.2 Å². The molecule has 1 fully saturated rings. The smallest absolute Gasteiger partial charge is 0.129 e. The Hall–Kier alpha value is -0.310. The fraction of sp³-hybridized carbons (Fsp3) is 0.538. The highest BCUT2D eigenvalue weighted by Gasteiger charge is 2.26. The molecule has 2 rings (SSSR count). The van der Waals surface area contributed by atoms with Gasteiger partial charge in [0.05, 0.1) is 10.0 Å². The average molecular weight is 276 g/mol. The van der Waals surface area contributed by atoms with E-state index in [1.54, 1.807) is 0 Å². The summed E-state index contributed by atoms with van der Waals surface area (Å²) < 4.78 is 13.8. The molecule has 0 aliphatic heterocycles. The predicted octanol–water partition coefficient (Wildman–Crippen LogP) is 4.71. The second kappa shape index (κ2) is 5.55. The third kappa shape index (κ3) is 2.75. The lowest BCUT2D eigenvalue weighted by Crippen LogP contribution is -2.24. The fourth-order valence-electron chi connectivity index (χ4n) is 2.58. The molecule has 0 radical (unpaired) electrons. The summed E-state index contributed by atoms with van der Waals surface area (Å²) in [4.78, 5) is 0. The standard InChI is InChI=1S/C13H16Cl2FN/c14-9-6-7-10(16)11(12(9)15)13(17)8-4-2-1-3-5-8/h6-8,13H,1-5,17H2/t13-/m0/s1. The van der Waals surface area contributed by atoms with E-state index in [1.165, 1.54) is 18.6 Å². The Morgan fingerprint density at radius 1 is 1.18 bits per heavy atom. The maximum absolute atomic E-state index is 13.8. The Balaban J connectivity index is 2.29. The van der Waals surface area contributed by atoms with Crippen molar-refractivity contribution in [2.75, 3.05) is 0 Å². The van der Waals surface area contributed by atoms with Crippen molar-refractivity contribution in [2.45, 2.75) is 38.1 Å². The molecular formula is C13H16Cl2FN. The summed E-state index contributed by atoms with van der Waals surface area (Å²) in [7, 11) is 0. The third-order valence-electron chi connectivity index (χ3n) is 3.57. The summed E-state index contributed by atoms with van der Waals surface area (Å²) in [6.45, 7) is 0. The zero-order valence-electron chi connectivity index (χ0n) is 9.56. The van der Waals surface area contributed by atoms with Gasteiger partial charge >= 0.3 is 0 Å². The van der Waals surface area contributed by atoms with Gasteiger partial charge in [0.15, 0.2) is 0 Å². The molecule has 0 amide bonds. The summed E-state index contributed by atoms with van der Waals surface area (Å²) in [5.41, 5.74) is 6.54. The van der Waals surface area contributed by atoms with Crippen molar-refractivity contribution in [2.24, 2.45) is 11.7 Å². The van der Waals surface area contributed by atoms with E-state index >= 15 is 0 Å². The minimum atomic E-state index is -0.350. The van der Waals surface area contributed by atoms with Gasteiger partial charge in [0, 0.05) is 11.6 Å². The lowest BCUT2D eigenvalue weighted by Gasteiger charge is -2.28. The van der Waals surface area contributed by atoms with Crippen LogP contribution in [0.4, 0.5) is 4.39 Å². The highest BCUT2D eigenvalue weighted by Crippen LogP contribution is 2.38. The van der Waals surface area contributed by atoms with Crippen molar-refractivity contribution in [1.29, 1.82) is 0 Å². The van der Waals surface area contributed by atoms with Gasteiger partial charge in [0.2, 0.25) is 0 Å². The highest BCUT2D eigenvalue weighted by atomic mass is 35.5. The van der Waals surface area contributed by atoms with Crippen LogP contribution < -0.4 is 5.73 Å². The molecule has 4 heteroatoms. The molecule has 0 saturated heterocycles. The number of nitrogens with two attached hydrogens (primary N) is 1. The molecule has 1 aromatic rings. The van der Waals surface area contributed by atoms with Crippen LogP contribution in [0.25, 0.3) is 0 Å². The number of rotatable bonds is 2. The SMILES string of the molecule is N[C@H](c1c(F)ccc(Cl)c1Cl)C1CCCCC1. The van der Waals surface area contributed by atoms with Crippen LogP contribution in [-0.2, 0) is 0 Å². The van der Waals surface area contributed by atoms with E-state index in [4.69, 9.17) is 28.9 Å². The molecule has 1 atom stereocenters. The van der Waals surface area contributed by atoms with E-state index in [1.807, 2.05) is 0 Å². The molecule has 0 unspecified atom stereocenters. The molecular weight excluding hydrogens is 260 g/mol. The summed E-state index contributed by atoms with van der Waals surface area (Å²) >= 11 is 12.0. The number of halogens is 3. The lowest BCUT2D eigenvalue weighted by atomic mass is 9.81. The summed E-state index contributed by atoms with van der Waals surface area (Å²) in [5.74, 6) is -0.0355. The molecule has 0 bridgehead atoms. The van der Waals surface area contributed by atoms with Crippen LogP contribution in [0.1, 0.15) is 43.7 Å². The van der Waals surface area contributed by atoms with E-state index in [9.17, 15) is 4.39 Å². The van der Waals surface area contributed by atoms with Crippen LogP contribution in [0.15, 0.2) is 12.1 Å². The molecule has 0 aromatic heterocycles. The van der Waals surface area contributed by atoms with Crippen molar-refractivity contribution in [3.63, 3.8) is 0 Å². The quantitative estimate of drug-likeness (QED) is 0.777. The monoisotopic (exact) mass is 275 g/mol. The van der Waals surface area contributed by atoms with Crippen molar-refractivity contribution in [3.8, 4) is 0 Å². The first-order valence-corrected chi connectivity index (χ1v) is 6.76. The second-order valence-corrected chi connectivity index (χ2v) is 5.47. The zero-order valence-corrected chi connectivity index (χ0v) is 11.1. The highest BCUT2D eigenvalue weighted by molar-refractivity contribution is 6.42. The summed E-state index contributed by atoms with van der Waals surface area (Å²) in [6.07, 6.45) is 5.66. The Bertz CT molecular complexity index is 403. The number of hydrogen-bond acceptors (Lipinski definition) is 1. The van der Waals surface area contributed by atoms with Crippen molar-refractivity contribution in [3.05, 3.63) is 33.6 Å². The second-order valence-electron chi connectivity index (χ2n) is 4.68. The van der Waals surface area contributed by atoms with Crippen LogP contribution in [0.5, 0.6) is 0 Å². The van der Waals surface area contributed by atoms with Crippen LogP contribution >= 0.6 is 23.2 Å². The van der Waals surface area contributed by atoms with Gasteiger partial charge in [-0.05, 0) is 30.9 Å².